The van der Waals surface area contributed by atoms with E-state index >= 15 is 0 Å². The van der Waals surface area contributed by atoms with E-state index in [2.05, 4.69) is 5.32 Å². The highest BCUT2D eigenvalue weighted by Gasteiger charge is 2.21. The first-order chi connectivity index (χ1) is 9.93. The maximum absolute atomic E-state index is 12.0. The molecule has 1 atom stereocenters. The predicted octanol–water partition coefficient (Wildman–Crippen LogP) is 0.468. The molecule has 1 amide bonds. The van der Waals surface area contributed by atoms with Crippen LogP contribution in [0.1, 0.15) is 19.4 Å². The molecule has 0 saturated carbocycles. The first kappa shape index (κ1) is 16.8. The van der Waals surface area contributed by atoms with Crippen molar-refractivity contribution in [1.82, 2.24) is 5.32 Å². The van der Waals surface area contributed by atoms with Crippen LogP contribution in [0.5, 0.6) is 5.75 Å². The molecule has 0 spiro atoms. The smallest absolute Gasteiger partial charge is 0.308 e. The molecule has 0 aliphatic heterocycles. The standard InChI is InChI=1S/C15H19NO5/c1-10(15(20)16-6-7-17)14(19)9-12-4-3-5-13(8-12)21-11(2)18/h3-5,8,10,17H,6-7,9H2,1-2H3,(H,16,20). The van der Waals surface area contributed by atoms with Gasteiger partial charge < -0.3 is 15.2 Å². The van der Waals surface area contributed by atoms with Gasteiger partial charge in [0.05, 0.1) is 12.5 Å². The molecule has 114 valence electrons. The lowest BCUT2D eigenvalue weighted by molar-refractivity contribution is -0.133. The Morgan fingerprint density at radius 3 is 2.67 bits per heavy atom. The van der Waals surface area contributed by atoms with Gasteiger partial charge in [0.25, 0.3) is 0 Å². The van der Waals surface area contributed by atoms with Crippen LogP contribution in [0.15, 0.2) is 24.3 Å². The van der Waals surface area contributed by atoms with Crippen LogP contribution < -0.4 is 10.1 Å². The maximum atomic E-state index is 12.0. The number of esters is 1. The van der Waals surface area contributed by atoms with E-state index in [9.17, 15) is 14.4 Å². The monoisotopic (exact) mass is 293 g/mol. The van der Waals surface area contributed by atoms with Crippen molar-refractivity contribution < 1.29 is 24.2 Å². The Hall–Kier alpha value is -2.21. The molecule has 0 aromatic heterocycles. The molecule has 1 aromatic carbocycles. The number of hydrogen-bond acceptors (Lipinski definition) is 5. The first-order valence-corrected chi connectivity index (χ1v) is 6.62. The van der Waals surface area contributed by atoms with Gasteiger partial charge in [-0.2, -0.15) is 0 Å². The summed E-state index contributed by atoms with van der Waals surface area (Å²) in [5, 5.41) is 11.1. The third-order valence-corrected chi connectivity index (χ3v) is 2.83. The largest absolute Gasteiger partial charge is 0.427 e. The summed E-state index contributed by atoms with van der Waals surface area (Å²) in [6, 6.07) is 6.62. The molecule has 0 fully saturated rings. The molecule has 6 heteroatoms. The Balaban J connectivity index is 2.65. The van der Waals surface area contributed by atoms with Crippen molar-refractivity contribution in [2.24, 2.45) is 5.92 Å². The number of carbonyl (C=O) groups excluding carboxylic acids is 3. The average molecular weight is 293 g/mol. The van der Waals surface area contributed by atoms with Crippen molar-refractivity contribution in [1.29, 1.82) is 0 Å². The van der Waals surface area contributed by atoms with E-state index < -0.39 is 17.8 Å². The zero-order chi connectivity index (χ0) is 15.8. The van der Waals surface area contributed by atoms with Crippen LogP contribution in [0, 0.1) is 5.92 Å². The van der Waals surface area contributed by atoms with Gasteiger partial charge in [-0.15, -0.1) is 0 Å². The first-order valence-electron chi connectivity index (χ1n) is 6.62. The van der Waals surface area contributed by atoms with Gasteiger partial charge in [-0.3, -0.25) is 14.4 Å². The van der Waals surface area contributed by atoms with E-state index in [-0.39, 0.29) is 25.4 Å². The maximum Gasteiger partial charge on any atom is 0.308 e. The summed E-state index contributed by atoms with van der Waals surface area (Å²) in [4.78, 5) is 34.5. The van der Waals surface area contributed by atoms with Gasteiger partial charge in [0, 0.05) is 19.9 Å². The van der Waals surface area contributed by atoms with Crippen molar-refractivity contribution >= 4 is 17.7 Å². The number of ketones is 1. The van der Waals surface area contributed by atoms with Crippen LogP contribution in [0.4, 0.5) is 0 Å². The van der Waals surface area contributed by atoms with Crippen molar-refractivity contribution in [2.75, 3.05) is 13.2 Å². The minimum absolute atomic E-state index is 0.0722. The van der Waals surface area contributed by atoms with Gasteiger partial charge in [-0.05, 0) is 24.6 Å². The lowest BCUT2D eigenvalue weighted by atomic mass is 9.98. The molecule has 2 N–H and O–H groups in total. The zero-order valence-corrected chi connectivity index (χ0v) is 12.1. The zero-order valence-electron chi connectivity index (χ0n) is 12.1. The number of Topliss-reactive ketones (excluding diaryl/α,β-unsaturated/α-hetero) is 1. The summed E-state index contributed by atoms with van der Waals surface area (Å²) in [5.41, 5.74) is 0.667. The van der Waals surface area contributed by atoms with E-state index in [4.69, 9.17) is 9.84 Å². The van der Waals surface area contributed by atoms with Gasteiger partial charge >= 0.3 is 5.97 Å². The molecule has 6 nitrogen and oxygen atoms in total. The Morgan fingerprint density at radius 1 is 1.33 bits per heavy atom. The number of ether oxygens (including phenoxy) is 1. The second-order valence-electron chi connectivity index (χ2n) is 4.62. The van der Waals surface area contributed by atoms with Crippen molar-refractivity contribution in [2.45, 2.75) is 20.3 Å². The number of nitrogens with one attached hydrogen (secondary N) is 1. The average Bonchev–Trinajstić information content (AvgIpc) is 2.43. The molecular weight excluding hydrogens is 274 g/mol. The minimum Gasteiger partial charge on any atom is -0.427 e. The predicted molar refractivity (Wildman–Crippen MR) is 75.7 cm³/mol. The van der Waals surface area contributed by atoms with Gasteiger partial charge in [0.2, 0.25) is 5.91 Å². The Labute approximate surface area is 123 Å². The lowest BCUT2D eigenvalue weighted by Crippen LogP contribution is -2.35. The summed E-state index contributed by atoms with van der Waals surface area (Å²) in [6.07, 6.45) is 0.0722. The number of carbonyl (C=O) groups is 3. The number of aliphatic hydroxyl groups is 1. The molecular formula is C15H19NO5. The molecule has 0 heterocycles. The van der Waals surface area contributed by atoms with Crippen LogP contribution in [0.2, 0.25) is 0 Å². The Bertz CT molecular complexity index is 527. The quantitative estimate of drug-likeness (QED) is 0.433. The molecule has 0 aliphatic rings. The summed E-state index contributed by atoms with van der Waals surface area (Å²) in [6.45, 7) is 2.77. The highest BCUT2D eigenvalue weighted by atomic mass is 16.5. The third kappa shape index (κ3) is 5.74. The number of benzene rings is 1. The molecule has 1 rings (SSSR count). The number of aliphatic hydroxyl groups excluding tert-OH is 1. The van der Waals surface area contributed by atoms with E-state index in [1.165, 1.54) is 13.8 Å². The van der Waals surface area contributed by atoms with Crippen molar-refractivity contribution in [3.63, 3.8) is 0 Å². The number of amides is 1. The highest BCUT2D eigenvalue weighted by Crippen LogP contribution is 2.15. The van der Waals surface area contributed by atoms with Crippen LogP contribution in [-0.2, 0) is 20.8 Å². The second-order valence-corrected chi connectivity index (χ2v) is 4.62. The van der Waals surface area contributed by atoms with Crippen LogP contribution >= 0.6 is 0 Å². The van der Waals surface area contributed by atoms with E-state index in [0.29, 0.717) is 11.3 Å². The fourth-order valence-corrected chi connectivity index (χ4v) is 1.72. The number of hydrogen-bond donors (Lipinski definition) is 2. The lowest BCUT2D eigenvalue weighted by Gasteiger charge is -2.11. The van der Waals surface area contributed by atoms with Crippen LogP contribution in [-0.4, -0.2) is 35.9 Å². The van der Waals surface area contributed by atoms with E-state index in [1.807, 2.05) is 0 Å². The summed E-state index contributed by atoms with van der Waals surface area (Å²) in [7, 11) is 0. The topological polar surface area (TPSA) is 92.7 Å². The molecule has 1 unspecified atom stereocenters. The molecule has 0 radical (unpaired) electrons. The van der Waals surface area contributed by atoms with Gasteiger partial charge in [0.1, 0.15) is 11.5 Å². The SMILES string of the molecule is CC(=O)Oc1cccc(CC(=O)C(C)C(=O)NCCO)c1. The second kappa shape index (κ2) is 8.16. The molecule has 1 aromatic rings. The molecule has 0 saturated heterocycles. The van der Waals surface area contributed by atoms with Crippen LogP contribution in [0.3, 0.4) is 0 Å². The Morgan fingerprint density at radius 2 is 2.05 bits per heavy atom. The van der Waals surface area contributed by atoms with Gasteiger partial charge in [-0.1, -0.05) is 12.1 Å². The summed E-state index contributed by atoms with van der Waals surface area (Å²) in [5.74, 6) is -1.52. The Kier molecular flexibility index (Phi) is 6.55. The third-order valence-electron chi connectivity index (χ3n) is 2.83. The summed E-state index contributed by atoms with van der Waals surface area (Å²) < 4.78 is 4.94. The fourth-order valence-electron chi connectivity index (χ4n) is 1.72. The minimum atomic E-state index is -0.797. The molecule has 0 bridgehead atoms. The summed E-state index contributed by atoms with van der Waals surface area (Å²) >= 11 is 0. The van der Waals surface area contributed by atoms with Crippen LogP contribution in [0.25, 0.3) is 0 Å². The van der Waals surface area contributed by atoms with E-state index in [1.54, 1.807) is 24.3 Å². The molecule has 21 heavy (non-hydrogen) atoms. The highest BCUT2D eigenvalue weighted by molar-refractivity contribution is 6.01. The fraction of sp³-hybridized carbons (Fsp3) is 0.400. The van der Waals surface area contributed by atoms with Gasteiger partial charge in [-0.25, -0.2) is 0 Å². The van der Waals surface area contributed by atoms with Crippen molar-refractivity contribution in [3.05, 3.63) is 29.8 Å². The van der Waals surface area contributed by atoms with Crippen molar-refractivity contribution in [3.8, 4) is 5.75 Å². The number of rotatable bonds is 7. The molecule has 0 aliphatic carbocycles. The normalized spacial score (nSPS) is 11.6. The van der Waals surface area contributed by atoms with Gasteiger partial charge in [0.15, 0.2) is 0 Å². The van der Waals surface area contributed by atoms with E-state index in [0.717, 1.165) is 0 Å².